The Morgan fingerprint density at radius 2 is 1.73 bits per heavy atom. The summed E-state index contributed by atoms with van der Waals surface area (Å²) in [6, 6.07) is 20.5. The van der Waals surface area contributed by atoms with Crippen molar-refractivity contribution in [3.05, 3.63) is 106 Å². The molecule has 2 heterocycles. The predicted octanol–water partition coefficient (Wildman–Crippen LogP) is 4.86. The van der Waals surface area contributed by atoms with Gasteiger partial charge in [-0.1, -0.05) is 36.4 Å². The summed E-state index contributed by atoms with van der Waals surface area (Å²) in [6.45, 7) is 3.86. The van der Waals surface area contributed by atoms with Crippen LogP contribution < -0.4 is 10.9 Å². The number of anilines is 1. The summed E-state index contributed by atoms with van der Waals surface area (Å²) >= 11 is 1.54. The third-order valence-electron chi connectivity index (χ3n) is 4.84. The highest BCUT2D eigenvalue weighted by atomic mass is 32.2. The summed E-state index contributed by atoms with van der Waals surface area (Å²) in [5.41, 5.74) is 4.55. The Labute approximate surface area is 178 Å². The van der Waals surface area contributed by atoms with Crippen molar-refractivity contribution in [1.82, 2.24) is 9.38 Å². The molecular weight excluding hydrogens is 394 g/mol. The van der Waals surface area contributed by atoms with Crippen molar-refractivity contribution in [2.75, 3.05) is 5.32 Å². The van der Waals surface area contributed by atoms with Gasteiger partial charge < -0.3 is 5.32 Å². The van der Waals surface area contributed by atoms with E-state index in [-0.39, 0.29) is 11.5 Å². The number of para-hydroxylation sites is 1. The number of amides is 1. The summed E-state index contributed by atoms with van der Waals surface area (Å²) < 4.78 is 1.56. The lowest BCUT2D eigenvalue weighted by atomic mass is 10.1. The highest BCUT2D eigenvalue weighted by Gasteiger charge is 2.12. The fourth-order valence-electron chi connectivity index (χ4n) is 3.25. The van der Waals surface area contributed by atoms with E-state index in [0.717, 1.165) is 21.7 Å². The van der Waals surface area contributed by atoms with Crippen LogP contribution in [0.1, 0.15) is 27.2 Å². The number of fused-ring (bicyclic) bond motifs is 1. The second kappa shape index (κ2) is 8.55. The van der Waals surface area contributed by atoms with Crippen molar-refractivity contribution >= 4 is 29.0 Å². The lowest BCUT2D eigenvalue weighted by Crippen LogP contribution is -2.16. The van der Waals surface area contributed by atoms with Crippen molar-refractivity contribution < 1.29 is 4.79 Å². The molecule has 0 bridgehead atoms. The fraction of sp³-hybridized carbons (Fsp3) is 0.125. The zero-order valence-corrected chi connectivity index (χ0v) is 17.6. The number of nitrogens with zero attached hydrogens (tertiary/aromatic N) is 2. The minimum absolute atomic E-state index is 0.0968. The normalized spacial score (nSPS) is 10.9. The van der Waals surface area contributed by atoms with E-state index in [0.29, 0.717) is 22.7 Å². The van der Waals surface area contributed by atoms with Gasteiger partial charge >= 0.3 is 0 Å². The van der Waals surface area contributed by atoms with E-state index in [1.807, 2.05) is 74.5 Å². The van der Waals surface area contributed by atoms with E-state index in [2.05, 4.69) is 10.3 Å². The minimum atomic E-state index is -0.140. The van der Waals surface area contributed by atoms with Gasteiger partial charge in [-0.05, 0) is 49.2 Å². The van der Waals surface area contributed by atoms with Crippen LogP contribution in [0.2, 0.25) is 0 Å². The maximum absolute atomic E-state index is 12.7. The average Bonchev–Trinajstić information content (AvgIpc) is 2.74. The lowest BCUT2D eigenvalue weighted by Gasteiger charge is -2.12. The Bertz CT molecular complexity index is 1300. The maximum atomic E-state index is 12.7. The van der Waals surface area contributed by atoms with E-state index in [1.54, 1.807) is 16.7 Å². The number of hydrogen-bond donors (Lipinski definition) is 1. The zero-order valence-electron chi connectivity index (χ0n) is 16.8. The second-order valence-electron chi connectivity index (χ2n) is 7.02. The molecular formula is C24H21N3O2S. The van der Waals surface area contributed by atoms with Gasteiger partial charge in [0.25, 0.3) is 11.5 Å². The first-order valence-electron chi connectivity index (χ1n) is 9.59. The van der Waals surface area contributed by atoms with Crippen LogP contribution in [0.5, 0.6) is 0 Å². The zero-order chi connectivity index (χ0) is 21.1. The van der Waals surface area contributed by atoms with Crippen molar-refractivity contribution in [2.24, 2.45) is 0 Å². The Morgan fingerprint density at radius 3 is 2.57 bits per heavy atom. The van der Waals surface area contributed by atoms with E-state index < -0.39 is 0 Å². The van der Waals surface area contributed by atoms with Crippen LogP contribution in [0.25, 0.3) is 5.65 Å². The third-order valence-corrected chi connectivity index (χ3v) is 5.95. The Hall–Kier alpha value is -3.38. The molecule has 0 spiro atoms. The van der Waals surface area contributed by atoms with Gasteiger partial charge in [-0.15, -0.1) is 11.8 Å². The molecule has 4 aromatic rings. The quantitative estimate of drug-likeness (QED) is 0.473. The number of aryl methyl sites for hydroxylation is 2. The summed E-state index contributed by atoms with van der Waals surface area (Å²) in [6.07, 6.45) is 1.73. The van der Waals surface area contributed by atoms with Gasteiger partial charge in [0.15, 0.2) is 0 Å². The average molecular weight is 416 g/mol. The first kappa shape index (κ1) is 19.9. The number of hydrogen-bond acceptors (Lipinski definition) is 4. The lowest BCUT2D eigenvalue weighted by molar-refractivity contribution is 0.102. The van der Waals surface area contributed by atoms with Gasteiger partial charge in [0.2, 0.25) is 0 Å². The molecule has 30 heavy (non-hydrogen) atoms. The molecule has 0 atom stereocenters. The molecule has 5 nitrogen and oxygen atoms in total. The van der Waals surface area contributed by atoms with Crippen LogP contribution in [0.15, 0.2) is 82.6 Å². The molecule has 0 saturated carbocycles. The van der Waals surface area contributed by atoms with Gasteiger partial charge in [-0.2, -0.15) is 0 Å². The van der Waals surface area contributed by atoms with Gasteiger partial charge in [-0.25, -0.2) is 4.98 Å². The number of aromatic nitrogens is 2. The number of carbonyl (C=O) groups is 1. The number of thioether (sulfide) groups is 1. The summed E-state index contributed by atoms with van der Waals surface area (Å²) in [5.74, 6) is 0.385. The standard InChI is InChI=1S/C24H21N3O2S/c1-16-8-3-4-10-19(16)24(29)26-20-11-5-6-12-21(20)30-15-18-14-22(28)27-13-7-9-17(2)23(27)25-18/h3-14H,15H2,1-2H3,(H,26,29). The fourth-order valence-corrected chi connectivity index (χ4v) is 4.15. The van der Waals surface area contributed by atoms with Crippen molar-refractivity contribution in [2.45, 2.75) is 24.5 Å². The highest BCUT2D eigenvalue weighted by molar-refractivity contribution is 7.98. The first-order chi connectivity index (χ1) is 14.5. The number of rotatable bonds is 5. The second-order valence-corrected chi connectivity index (χ2v) is 8.04. The van der Waals surface area contributed by atoms with Crippen LogP contribution in [-0.4, -0.2) is 15.3 Å². The molecule has 0 aliphatic rings. The smallest absolute Gasteiger partial charge is 0.258 e. The number of nitrogens with one attached hydrogen (secondary N) is 1. The molecule has 0 aliphatic heterocycles. The minimum Gasteiger partial charge on any atom is -0.321 e. The van der Waals surface area contributed by atoms with Gasteiger partial charge in [0.05, 0.1) is 11.4 Å². The van der Waals surface area contributed by atoms with Crippen molar-refractivity contribution in [1.29, 1.82) is 0 Å². The molecule has 0 radical (unpaired) electrons. The molecule has 2 aromatic carbocycles. The first-order valence-corrected chi connectivity index (χ1v) is 10.6. The number of carbonyl (C=O) groups excluding carboxylic acids is 1. The number of benzene rings is 2. The van der Waals surface area contributed by atoms with Crippen molar-refractivity contribution in [3.63, 3.8) is 0 Å². The van der Waals surface area contributed by atoms with E-state index in [9.17, 15) is 9.59 Å². The number of pyridine rings is 1. The van der Waals surface area contributed by atoms with Crippen LogP contribution in [-0.2, 0) is 5.75 Å². The third kappa shape index (κ3) is 4.14. The Balaban J connectivity index is 1.56. The van der Waals surface area contributed by atoms with Crippen LogP contribution in [0, 0.1) is 13.8 Å². The maximum Gasteiger partial charge on any atom is 0.258 e. The van der Waals surface area contributed by atoms with Crippen LogP contribution in [0.4, 0.5) is 5.69 Å². The molecule has 0 aliphatic carbocycles. The van der Waals surface area contributed by atoms with Crippen LogP contribution in [0.3, 0.4) is 0 Å². The molecule has 2 aromatic heterocycles. The largest absolute Gasteiger partial charge is 0.321 e. The molecule has 6 heteroatoms. The topological polar surface area (TPSA) is 63.5 Å². The Kier molecular flexibility index (Phi) is 5.68. The van der Waals surface area contributed by atoms with E-state index in [4.69, 9.17) is 0 Å². The SMILES string of the molecule is Cc1ccccc1C(=O)Nc1ccccc1SCc1cc(=O)n2cccc(C)c2n1. The Morgan fingerprint density at radius 1 is 1.00 bits per heavy atom. The van der Waals surface area contributed by atoms with E-state index >= 15 is 0 Å². The van der Waals surface area contributed by atoms with Crippen LogP contribution >= 0.6 is 11.8 Å². The summed E-state index contributed by atoms with van der Waals surface area (Å²) in [5, 5.41) is 3.01. The molecule has 0 saturated heterocycles. The molecule has 0 fully saturated rings. The van der Waals surface area contributed by atoms with Gasteiger partial charge in [-0.3, -0.25) is 14.0 Å². The predicted molar refractivity (Wildman–Crippen MR) is 121 cm³/mol. The molecule has 1 amide bonds. The molecule has 150 valence electrons. The van der Waals surface area contributed by atoms with E-state index in [1.165, 1.54) is 11.8 Å². The molecule has 4 rings (SSSR count). The van der Waals surface area contributed by atoms with Crippen molar-refractivity contribution in [3.8, 4) is 0 Å². The molecule has 1 N–H and O–H groups in total. The van der Waals surface area contributed by atoms with Gasteiger partial charge in [0.1, 0.15) is 5.65 Å². The highest BCUT2D eigenvalue weighted by Crippen LogP contribution is 2.30. The summed E-state index contributed by atoms with van der Waals surface area (Å²) in [7, 11) is 0. The monoisotopic (exact) mass is 415 g/mol. The summed E-state index contributed by atoms with van der Waals surface area (Å²) in [4.78, 5) is 30.7. The molecule has 0 unspecified atom stereocenters. The van der Waals surface area contributed by atoms with Gasteiger partial charge in [0, 0.05) is 28.5 Å².